The number of hydrogen-bond acceptors (Lipinski definition) is 0. The quantitative estimate of drug-likeness (QED) is 0.637. The zero-order valence-corrected chi connectivity index (χ0v) is 10.2. The molecular formula is C11H21Br. The van der Waals surface area contributed by atoms with Crippen LogP contribution in [0.4, 0.5) is 0 Å². The van der Waals surface area contributed by atoms with Gasteiger partial charge in [-0.15, -0.1) is 0 Å². The van der Waals surface area contributed by atoms with E-state index in [2.05, 4.69) is 36.7 Å². The summed E-state index contributed by atoms with van der Waals surface area (Å²) in [5.74, 6) is 2.01. The van der Waals surface area contributed by atoms with Crippen LogP contribution in [0, 0.1) is 17.3 Å². The lowest BCUT2D eigenvalue weighted by Crippen LogP contribution is -2.48. The molecule has 0 saturated heterocycles. The molecule has 0 aromatic rings. The van der Waals surface area contributed by atoms with Gasteiger partial charge in [-0.1, -0.05) is 49.5 Å². The second-order valence-corrected chi connectivity index (χ2v) is 4.80. The molecule has 1 fully saturated rings. The molecule has 0 heterocycles. The lowest BCUT2D eigenvalue weighted by atomic mass is 9.52. The summed E-state index contributed by atoms with van der Waals surface area (Å²) >= 11 is 3.68. The van der Waals surface area contributed by atoms with Gasteiger partial charge in [0.15, 0.2) is 0 Å². The highest BCUT2D eigenvalue weighted by Crippen LogP contribution is 2.56. The monoisotopic (exact) mass is 232 g/mol. The third-order valence-electron chi connectivity index (χ3n) is 3.96. The van der Waals surface area contributed by atoms with Crippen LogP contribution in [0.2, 0.25) is 0 Å². The number of halogens is 1. The van der Waals surface area contributed by atoms with E-state index >= 15 is 0 Å². The van der Waals surface area contributed by atoms with Crippen molar-refractivity contribution >= 4 is 15.9 Å². The van der Waals surface area contributed by atoms with Crippen molar-refractivity contribution in [3.05, 3.63) is 0 Å². The first-order valence-corrected chi connectivity index (χ1v) is 6.42. The average molecular weight is 233 g/mol. The van der Waals surface area contributed by atoms with Crippen LogP contribution in [0.25, 0.3) is 0 Å². The molecule has 0 spiro atoms. The fourth-order valence-corrected chi connectivity index (χ4v) is 4.05. The first-order chi connectivity index (χ1) is 5.74. The van der Waals surface area contributed by atoms with Crippen LogP contribution in [-0.2, 0) is 0 Å². The average Bonchev–Trinajstić information content (AvgIpc) is 2.07. The molecule has 3 unspecified atom stereocenters. The summed E-state index contributed by atoms with van der Waals surface area (Å²) in [6, 6.07) is 0. The van der Waals surface area contributed by atoms with Gasteiger partial charge in [-0.25, -0.2) is 0 Å². The minimum Gasteiger partial charge on any atom is -0.0922 e. The Morgan fingerprint density at radius 1 is 1.25 bits per heavy atom. The Morgan fingerprint density at radius 2 is 1.92 bits per heavy atom. The van der Waals surface area contributed by atoms with Crippen molar-refractivity contribution < 1.29 is 0 Å². The van der Waals surface area contributed by atoms with Gasteiger partial charge in [-0.05, 0) is 30.1 Å². The molecule has 1 aliphatic rings. The van der Waals surface area contributed by atoms with Crippen LogP contribution in [0.5, 0.6) is 0 Å². The molecular weight excluding hydrogens is 212 g/mol. The number of hydrogen-bond donors (Lipinski definition) is 0. The van der Waals surface area contributed by atoms with Crippen molar-refractivity contribution in [2.24, 2.45) is 17.3 Å². The lowest BCUT2D eigenvalue weighted by Gasteiger charge is -2.55. The summed E-state index contributed by atoms with van der Waals surface area (Å²) in [5, 5.41) is 1.21. The normalized spacial score (nSPS) is 41.0. The van der Waals surface area contributed by atoms with Crippen molar-refractivity contribution in [1.29, 1.82) is 0 Å². The molecule has 0 N–H and O–H groups in total. The lowest BCUT2D eigenvalue weighted by molar-refractivity contribution is -0.0298. The molecule has 72 valence electrons. The van der Waals surface area contributed by atoms with Crippen molar-refractivity contribution in [1.82, 2.24) is 0 Å². The molecule has 0 amide bonds. The van der Waals surface area contributed by atoms with Gasteiger partial charge in [-0.2, -0.15) is 0 Å². The smallest absolute Gasteiger partial charge is 0.00907 e. The Kier molecular flexibility index (Phi) is 3.63. The second-order valence-electron chi connectivity index (χ2n) is 4.24. The molecule has 0 aromatic heterocycles. The summed E-state index contributed by atoms with van der Waals surface area (Å²) < 4.78 is 0. The van der Waals surface area contributed by atoms with Crippen LogP contribution in [0.1, 0.15) is 46.5 Å². The molecule has 0 bridgehead atoms. The van der Waals surface area contributed by atoms with Crippen molar-refractivity contribution in [2.75, 3.05) is 5.33 Å². The van der Waals surface area contributed by atoms with Crippen LogP contribution in [-0.4, -0.2) is 5.33 Å². The van der Waals surface area contributed by atoms with E-state index in [-0.39, 0.29) is 0 Å². The highest BCUT2D eigenvalue weighted by molar-refractivity contribution is 9.09. The molecule has 3 atom stereocenters. The number of rotatable bonds is 4. The van der Waals surface area contributed by atoms with E-state index in [0.717, 1.165) is 11.8 Å². The van der Waals surface area contributed by atoms with Crippen LogP contribution in [0.3, 0.4) is 0 Å². The van der Waals surface area contributed by atoms with Gasteiger partial charge >= 0.3 is 0 Å². The van der Waals surface area contributed by atoms with Gasteiger partial charge < -0.3 is 0 Å². The Bertz CT molecular complexity index is 138. The van der Waals surface area contributed by atoms with Gasteiger partial charge in [0.2, 0.25) is 0 Å². The van der Waals surface area contributed by atoms with Crippen molar-refractivity contribution in [3.63, 3.8) is 0 Å². The molecule has 0 nitrogen and oxygen atoms in total. The van der Waals surface area contributed by atoms with Crippen molar-refractivity contribution in [2.45, 2.75) is 46.5 Å². The minimum atomic E-state index is 0.662. The standard InChI is InChI=1S/C11H21Br/c1-4-9-7-11(6-3,8-12)10(9)5-2/h9-10H,4-8H2,1-3H3. The van der Waals surface area contributed by atoms with Gasteiger partial charge in [0.05, 0.1) is 0 Å². The molecule has 0 aliphatic heterocycles. The Labute approximate surface area is 85.3 Å². The molecule has 1 aliphatic carbocycles. The molecule has 0 radical (unpaired) electrons. The third-order valence-corrected chi connectivity index (χ3v) is 5.08. The predicted molar refractivity (Wildman–Crippen MR) is 58.7 cm³/mol. The maximum atomic E-state index is 3.68. The molecule has 1 heteroatoms. The summed E-state index contributed by atoms with van der Waals surface area (Å²) in [7, 11) is 0. The molecule has 1 saturated carbocycles. The van der Waals surface area contributed by atoms with E-state index in [1.165, 1.54) is 31.0 Å². The fraction of sp³-hybridized carbons (Fsp3) is 1.00. The van der Waals surface area contributed by atoms with Crippen LogP contribution < -0.4 is 0 Å². The van der Waals surface area contributed by atoms with Crippen LogP contribution >= 0.6 is 15.9 Å². The van der Waals surface area contributed by atoms with E-state index in [9.17, 15) is 0 Å². The SMILES string of the molecule is CCC1CC(CC)(CBr)C1CC. The van der Waals surface area contributed by atoms with E-state index < -0.39 is 0 Å². The maximum absolute atomic E-state index is 3.68. The largest absolute Gasteiger partial charge is 0.0922 e. The van der Waals surface area contributed by atoms with Gasteiger partial charge in [-0.3, -0.25) is 0 Å². The summed E-state index contributed by atoms with van der Waals surface area (Å²) in [6.07, 6.45) is 5.57. The zero-order chi connectivity index (χ0) is 9.19. The summed E-state index contributed by atoms with van der Waals surface area (Å²) in [5.41, 5.74) is 0.662. The van der Waals surface area contributed by atoms with Crippen molar-refractivity contribution in [3.8, 4) is 0 Å². The molecule has 12 heavy (non-hydrogen) atoms. The first-order valence-electron chi connectivity index (χ1n) is 5.30. The highest BCUT2D eigenvalue weighted by atomic mass is 79.9. The topological polar surface area (TPSA) is 0 Å². The molecule has 0 aromatic carbocycles. The Hall–Kier alpha value is 0.480. The fourth-order valence-electron chi connectivity index (χ4n) is 3.01. The van der Waals surface area contributed by atoms with Gasteiger partial charge in [0, 0.05) is 5.33 Å². The van der Waals surface area contributed by atoms with E-state index in [4.69, 9.17) is 0 Å². The number of alkyl halides is 1. The Balaban J connectivity index is 2.58. The second kappa shape index (κ2) is 4.13. The maximum Gasteiger partial charge on any atom is 0.00907 e. The first kappa shape index (κ1) is 10.6. The van der Waals surface area contributed by atoms with Gasteiger partial charge in [0.1, 0.15) is 0 Å². The Morgan fingerprint density at radius 3 is 2.25 bits per heavy atom. The minimum absolute atomic E-state index is 0.662. The van der Waals surface area contributed by atoms with Crippen LogP contribution in [0.15, 0.2) is 0 Å². The summed E-state index contributed by atoms with van der Waals surface area (Å²) in [6.45, 7) is 7.02. The zero-order valence-electron chi connectivity index (χ0n) is 8.57. The third kappa shape index (κ3) is 1.45. The summed E-state index contributed by atoms with van der Waals surface area (Å²) in [4.78, 5) is 0. The van der Waals surface area contributed by atoms with E-state index in [1.54, 1.807) is 0 Å². The van der Waals surface area contributed by atoms with Gasteiger partial charge in [0.25, 0.3) is 0 Å². The van der Waals surface area contributed by atoms with E-state index in [0.29, 0.717) is 5.41 Å². The molecule has 1 rings (SSSR count). The van der Waals surface area contributed by atoms with E-state index in [1.807, 2.05) is 0 Å². The highest BCUT2D eigenvalue weighted by Gasteiger charge is 2.49. The predicted octanol–water partition coefficient (Wildman–Crippen LogP) is 4.23.